The quantitative estimate of drug-likeness (QED) is 0.526. The lowest BCUT2D eigenvalue weighted by Gasteiger charge is -2.25. The predicted molar refractivity (Wildman–Crippen MR) is 61.5 cm³/mol. The number of benzene rings is 1. The lowest BCUT2D eigenvalue weighted by molar-refractivity contribution is 0.0901. The number of Topliss-reactive ketones (excluding diaryl/α,β-unsaturated/α-hetero) is 1. The molecule has 0 saturated heterocycles. The Morgan fingerprint density at radius 3 is 2.25 bits per heavy atom. The summed E-state index contributed by atoms with van der Waals surface area (Å²) in [6.07, 6.45) is 0. The van der Waals surface area contributed by atoms with Crippen LogP contribution in [0.3, 0.4) is 0 Å². The van der Waals surface area contributed by atoms with Gasteiger partial charge in [-0.15, -0.1) is 0 Å². The summed E-state index contributed by atoms with van der Waals surface area (Å²) in [6, 6.07) is 3.31. The minimum Gasteiger partial charge on any atom is -0.504 e. The van der Waals surface area contributed by atoms with E-state index in [2.05, 4.69) is 0 Å². The van der Waals surface area contributed by atoms with E-state index in [1.807, 2.05) is 20.8 Å². The Hall–Kier alpha value is -1.55. The van der Waals surface area contributed by atoms with Crippen molar-refractivity contribution < 1.29 is 15.0 Å². The van der Waals surface area contributed by atoms with Crippen LogP contribution < -0.4 is 5.73 Å². The van der Waals surface area contributed by atoms with Gasteiger partial charge in [-0.2, -0.15) is 0 Å². The predicted octanol–water partition coefficient (Wildman–Crippen LogP) is 1.65. The molecule has 0 heterocycles. The van der Waals surface area contributed by atoms with E-state index in [0.29, 0.717) is 5.56 Å². The van der Waals surface area contributed by atoms with Crippen LogP contribution in [-0.4, -0.2) is 22.0 Å². The minimum atomic E-state index is -0.642. The average Bonchev–Trinajstić information content (AvgIpc) is 2.18. The summed E-state index contributed by atoms with van der Waals surface area (Å²) in [5, 5.41) is 18.4. The van der Waals surface area contributed by atoms with E-state index in [0.717, 1.165) is 0 Å². The number of rotatable bonds is 2. The van der Waals surface area contributed by atoms with Crippen molar-refractivity contribution in [3.63, 3.8) is 0 Å². The molecule has 4 N–H and O–H groups in total. The molecule has 4 nitrogen and oxygen atoms in total. The van der Waals surface area contributed by atoms with Crippen molar-refractivity contribution in [2.45, 2.75) is 26.8 Å². The number of hydrogen-bond donors (Lipinski definition) is 3. The zero-order valence-corrected chi connectivity index (χ0v) is 9.69. The van der Waals surface area contributed by atoms with E-state index >= 15 is 0 Å². The summed E-state index contributed by atoms with van der Waals surface area (Å²) in [4.78, 5) is 11.9. The molecule has 1 rings (SSSR count). The Morgan fingerprint density at radius 2 is 1.81 bits per heavy atom. The van der Waals surface area contributed by atoms with Crippen LogP contribution in [0.5, 0.6) is 11.5 Å². The number of aromatic hydroxyl groups is 2. The molecule has 1 unspecified atom stereocenters. The van der Waals surface area contributed by atoms with E-state index in [-0.39, 0.29) is 22.7 Å². The van der Waals surface area contributed by atoms with Gasteiger partial charge in [-0.05, 0) is 23.6 Å². The monoisotopic (exact) mass is 223 g/mol. The maximum Gasteiger partial charge on any atom is 0.180 e. The van der Waals surface area contributed by atoms with E-state index in [1.165, 1.54) is 18.2 Å². The number of carbonyl (C=O) groups is 1. The number of phenolic OH excluding ortho intramolecular Hbond substituents is 2. The molecular weight excluding hydrogens is 206 g/mol. The van der Waals surface area contributed by atoms with Gasteiger partial charge in [-0.3, -0.25) is 4.79 Å². The lowest BCUT2D eigenvalue weighted by Crippen LogP contribution is -2.42. The molecule has 0 aliphatic rings. The highest BCUT2D eigenvalue weighted by Gasteiger charge is 2.28. The van der Waals surface area contributed by atoms with Gasteiger partial charge in [0.05, 0.1) is 6.04 Å². The van der Waals surface area contributed by atoms with E-state index in [9.17, 15) is 9.90 Å². The summed E-state index contributed by atoms with van der Waals surface area (Å²) in [5.74, 6) is -0.810. The Bertz CT molecular complexity index is 407. The largest absolute Gasteiger partial charge is 0.504 e. The molecule has 1 aromatic carbocycles. The summed E-state index contributed by atoms with van der Waals surface area (Å²) >= 11 is 0. The van der Waals surface area contributed by atoms with Gasteiger partial charge in [0.25, 0.3) is 0 Å². The van der Waals surface area contributed by atoms with Gasteiger partial charge in [-0.25, -0.2) is 0 Å². The highest BCUT2D eigenvalue weighted by atomic mass is 16.3. The SMILES string of the molecule is CC(C)(C)C(N)C(=O)c1ccc(O)c(O)c1. The normalized spacial score (nSPS) is 13.5. The van der Waals surface area contributed by atoms with Crippen LogP contribution >= 0.6 is 0 Å². The Labute approximate surface area is 94.7 Å². The first-order valence-electron chi connectivity index (χ1n) is 5.05. The van der Waals surface area contributed by atoms with Gasteiger partial charge in [-0.1, -0.05) is 20.8 Å². The van der Waals surface area contributed by atoms with Crippen LogP contribution in [0.15, 0.2) is 18.2 Å². The number of hydrogen-bond acceptors (Lipinski definition) is 4. The molecule has 0 bridgehead atoms. The fourth-order valence-electron chi connectivity index (χ4n) is 1.25. The van der Waals surface area contributed by atoms with Crippen LogP contribution in [0, 0.1) is 5.41 Å². The number of carbonyl (C=O) groups excluding carboxylic acids is 1. The summed E-state index contributed by atoms with van der Waals surface area (Å²) in [6.45, 7) is 5.61. The Kier molecular flexibility index (Phi) is 3.24. The molecule has 1 atom stereocenters. The second-order valence-electron chi connectivity index (χ2n) is 4.91. The summed E-state index contributed by atoms with van der Waals surface area (Å²) in [7, 11) is 0. The van der Waals surface area contributed by atoms with E-state index < -0.39 is 6.04 Å². The molecule has 0 radical (unpaired) electrons. The van der Waals surface area contributed by atoms with Crippen LogP contribution in [0.25, 0.3) is 0 Å². The van der Waals surface area contributed by atoms with Crippen molar-refractivity contribution in [3.8, 4) is 11.5 Å². The zero-order chi connectivity index (χ0) is 12.5. The standard InChI is InChI=1S/C12H17NO3/c1-12(2,3)11(13)10(16)7-4-5-8(14)9(15)6-7/h4-6,11,14-15H,13H2,1-3H3. The van der Waals surface area contributed by atoms with Crippen molar-refractivity contribution in [1.82, 2.24) is 0 Å². The maximum absolute atomic E-state index is 11.9. The van der Waals surface area contributed by atoms with Crippen LogP contribution in [0.1, 0.15) is 31.1 Å². The lowest BCUT2D eigenvalue weighted by atomic mass is 9.83. The van der Waals surface area contributed by atoms with Crippen LogP contribution in [0.2, 0.25) is 0 Å². The summed E-state index contributed by atoms with van der Waals surface area (Å²) in [5.41, 5.74) is 5.78. The fraction of sp³-hybridized carbons (Fsp3) is 0.417. The van der Waals surface area contributed by atoms with Gasteiger partial charge in [0, 0.05) is 5.56 Å². The summed E-state index contributed by atoms with van der Waals surface area (Å²) < 4.78 is 0. The molecule has 0 aliphatic carbocycles. The zero-order valence-electron chi connectivity index (χ0n) is 9.69. The third kappa shape index (κ3) is 2.52. The smallest absolute Gasteiger partial charge is 0.180 e. The first kappa shape index (κ1) is 12.5. The molecule has 0 amide bonds. The molecule has 0 aromatic heterocycles. The number of phenols is 2. The highest BCUT2D eigenvalue weighted by molar-refractivity contribution is 6.00. The Morgan fingerprint density at radius 1 is 1.25 bits per heavy atom. The molecule has 4 heteroatoms. The molecule has 0 saturated carbocycles. The molecule has 0 fully saturated rings. The Balaban J connectivity index is 3.02. The van der Waals surface area contributed by atoms with Gasteiger partial charge >= 0.3 is 0 Å². The van der Waals surface area contributed by atoms with Crippen LogP contribution in [-0.2, 0) is 0 Å². The van der Waals surface area contributed by atoms with E-state index in [4.69, 9.17) is 10.8 Å². The van der Waals surface area contributed by atoms with Crippen molar-refractivity contribution in [2.75, 3.05) is 0 Å². The molecule has 0 spiro atoms. The molecular formula is C12H17NO3. The molecule has 88 valence electrons. The number of ketones is 1. The van der Waals surface area contributed by atoms with Crippen molar-refractivity contribution >= 4 is 5.78 Å². The van der Waals surface area contributed by atoms with Crippen molar-refractivity contribution in [1.29, 1.82) is 0 Å². The second kappa shape index (κ2) is 4.14. The topological polar surface area (TPSA) is 83.6 Å². The third-order valence-corrected chi connectivity index (χ3v) is 2.48. The molecule has 0 aliphatic heterocycles. The minimum absolute atomic E-state index is 0.247. The van der Waals surface area contributed by atoms with Crippen LogP contribution in [0.4, 0.5) is 0 Å². The van der Waals surface area contributed by atoms with Crippen molar-refractivity contribution in [2.24, 2.45) is 11.1 Å². The highest BCUT2D eigenvalue weighted by Crippen LogP contribution is 2.27. The first-order chi connectivity index (χ1) is 7.23. The van der Waals surface area contributed by atoms with Crippen molar-refractivity contribution in [3.05, 3.63) is 23.8 Å². The van der Waals surface area contributed by atoms with Gasteiger partial charge in [0.15, 0.2) is 17.3 Å². The van der Waals surface area contributed by atoms with Gasteiger partial charge in [0.1, 0.15) is 0 Å². The van der Waals surface area contributed by atoms with Gasteiger partial charge in [0.2, 0.25) is 0 Å². The van der Waals surface area contributed by atoms with Gasteiger partial charge < -0.3 is 15.9 Å². The van der Waals surface area contributed by atoms with E-state index in [1.54, 1.807) is 0 Å². The fourth-order valence-corrected chi connectivity index (χ4v) is 1.25. The molecule has 1 aromatic rings. The maximum atomic E-state index is 11.9. The average molecular weight is 223 g/mol. The second-order valence-corrected chi connectivity index (χ2v) is 4.91. The third-order valence-electron chi connectivity index (χ3n) is 2.48. The number of nitrogens with two attached hydrogens (primary N) is 1. The molecule has 16 heavy (non-hydrogen) atoms. The first-order valence-corrected chi connectivity index (χ1v) is 5.05.